The lowest BCUT2D eigenvalue weighted by Gasteiger charge is -2.18. The molecule has 0 spiro atoms. The highest BCUT2D eigenvalue weighted by Crippen LogP contribution is 1.90. The lowest BCUT2D eigenvalue weighted by molar-refractivity contribution is -0.857. The molecular weight excluding hydrogens is 186 g/mol. The molecule has 0 aromatic heterocycles. The lowest BCUT2D eigenvalue weighted by Crippen LogP contribution is -3.10. The number of hydrogen-bond donors (Lipinski definition) is 1. The molecular formula is C13H27NO. The predicted octanol–water partition coefficient (Wildman–Crippen LogP) is 2.38. The standard InChI is InChI=1S/C13H25N.H2O/c1-5-9-10-13(8-4)14(11-6-2)12-7-3;/h8-10H,5-7,11-12H2,1-4H3;1H2. The molecule has 2 N–H and O–H groups in total. The monoisotopic (exact) mass is 213 g/mol. The van der Waals surface area contributed by atoms with Crippen molar-refractivity contribution in [2.45, 2.75) is 47.0 Å². The van der Waals surface area contributed by atoms with Crippen molar-refractivity contribution in [3.8, 4) is 0 Å². The summed E-state index contributed by atoms with van der Waals surface area (Å²) in [5, 5.41) is 0. The fraction of sp³-hybridized carbons (Fsp3) is 0.692. The van der Waals surface area contributed by atoms with Crippen LogP contribution in [0, 0.1) is 0 Å². The zero-order valence-corrected chi connectivity index (χ0v) is 10.7. The van der Waals surface area contributed by atoms with Crippen LogP contribution in [0.15, 0.2) is 23.9 Å². The number of rotatable bonds is 7. The first-order chi connectivity index (χ1) is 6.79. The second-order valence-electron chi connectivity index (χ2n) is 3.66. The fourth-order valence-electron chi connectivity index (χ4n) is 1.68. The van der Waals surface area contributed by atoms with Gasteiger partial charge in [-0.05, 0) is 38.3 Å². The Balaban J connectivity index is 0. The topological polar surface area (TPSA) is 34.4 Å². The van der Waals surface area contributed by atoms with Crippen LogP contribution < -0.4 is 4.90 Å². The summed E-state index contributed by atoms with van der Waals surface area (Å²) in [7, 11) is 0. The van der Waals surface area contributed by atoms with E-state index in [0.717, 1.165) is 6.42 Å². The average molecular weight is 213 g/mol. The highest BCUT2D eigenvalue weighted by molar-refractivity contribution is 5.08. The van der Waals surface area contributed by atoms with E-state index in [-0.39, 0.29) is 5.48 Å². The van der Waals surface area contributed by atoms with Gasteiger partial charge in [0.25, 0.3) is 0 Å². The SMILES string of the molecule is CC=C(C=CCC)[NH+](CCC)CCC.[OH-]. The van der Waals surface area contributed by atoms with Crippen LogP contribution in [-0.2, 0) is 0 Å². The zero-order valence-electron chi connectivity index (χ0n) is 10.7. The molecule has 0 aliphatic rings. The fourth-order valence-corrected chi connectivity index (χ4v) is 1.68. The third-order valence-corrected chi connectivity index (χ3v) is 2.36. The summed E-state index contributed by atoms with van der Waals surface area (Å²) in [5.41, 5.74) is 1.45. The van der Waals surface area contributed by atoms with Crippen LogP contribution in [0.2, 0.25) is 0 Å². The zero-order chi connectivity index (χ0) is 10.8. The smallest absolute Gasteiger partial charge is 0.126 e. The second-order valence-corrected chi connectivity index (χ2v) is 3.66. The van der Waals surface area contributed by atoms with Gasteiger partial charge >= 0.3 is 0 Å². The molecule has 0 aliphatic heterocycles. The van der Waals surface area contributed by atoms with Gasteiger partial charge < -0.3 is 10.4 Å². The summed E-state index contributed by atoms with van der Waals surface area (Å²) in [4.78, 5) is 1.63. The summed E-state index contributed by atoms with van der Waals surface area (Å²) in [6, 6.07) is 0. The molecule has 2 heteroatoms. The summed E-state index contributed by atoms with van der Waals surface area (Å²) in [6.45, 7) is 11.3. The summed E-state index contributed by atoms with van der Waals surface area (Å²) < 4.78 is 0. The van der Waals surface area contributed by atoms with Gasteiger partial charge in [0.15, 0.2) is 0 Å². The second kappa shape index (κ2) is 11.5. The van der Waals surface area contributed by atoms with Crippen molar-refractivity contribution in [2.75, 3.05) is 13.1 Å². The summed E-state index contributed by atoms with van der Waals surface area (Å²) in [5.74, 6) is 0. The Morgan fingerprint density at radius 2 is 1.60 bits per heavy atom. The Hall–Kier alpha value is -0.600. The van der Waals surface area contributed by atoms with E-state index < -0.39 is 0 Å². The van der Waals surface area contributed by atoms with Gasteiger partial charge in [-0.2, -0.15) is 0 Å². The molecule has 0 aliphatic carbocycles. The molecule has 0 heterocycles. The van der Waals surface area contributed by atoms with Crippen LogP contribution in [0.4, 0.5) is 0 Å². The summed E-state index contributed by atoms with van der Waals surface area (Å²) >= 11 is 0. The van der Waals surface area contributed by atoms with E-state index in [9.17, 15) is 0 Å². The maximum atomic E-state index is 2.28. The molecule has 0 radical (unpaired) electrons. The highest BCUT2D eigenvalue weighted by atomic mass is 16.0. The van der Waals surface area contributed by atoms with Crippen molar-refractivity contribution in [1.82, 2.24) is 0 Å². The van der Waals surface area contributed by atoms with E-state index in [1.54, 1.807) is 4.90 Å². The maximum absolute atomic E-state index is 2.28. The van der Waals surface area contributed by atoms with Crippen LogP contribution in [0.5, 0.6) is 0 Å². The largest absolute Gasteiger partial charge is 0.870 e. The Kier molecular flexibility index (Phi) is 12.9. The molecule has 0 saturated heterocycles. The Morgan fingerprint density at radius 3 is 1.93 bits per heavy atom. The van der Waals surface area contributed by atoms with Gasteiger partial charge in [-0.15, -0.1) is 0 Å². The van der Waals surface area contributed by atoms with Crippen molar-refractivity contribution >= 4 is 0 Å². The highest BCUT2D eigenvalue weighted by Gasteiger charge is 2.08. The van der Waals surface area contributed by atoms with E-state index in [2.05, 4.69) is 45.9 Å². The molecule has 0 saturated carbocycles. The molecule has 0 aromatic carbocycles. The van der Waals surface area contributed by atoms with Crippen LogP contribution in [-0.4, -0.2) is 18.6 Å². The quantitative estimate of drug-likeness (QED) is 0.647. The van der Waals surface area contributed by atoms with Crippen LogP contribution in [0.1, 0.15) is 47.0 Å². The minimum atomic E-state index is 0. The van der Waals surface area contributed by atoms with E-state index in [0.29, 0.717) is 0 Å². The first kappa shape index (κ1) is 16.8. The van der Waals surface area contributed by atoms with Gasteiger partial charge in [-0.3, -0.25) is 0 Å². The van der Waals surface area contributed by atoms with E-state index in [4.69, 9.17) is 0 Å². The molecule has 15 heavy (non-hydrogen) atoms. The minimum Gasteiger partial charge on any atom is -0.870 e. The molecule has 0 atom stereocenters. The molecule has 2 nitrogen and oxygen atoms in total. The van der Waals surface area contributed by atoms with Crippen molar-refractivity contribution in [3.63, 3.8) is 0 Å². The molecule has 90 valence electrons. The Bertz CT molecular complexity index is 179. The van der Waals surface area contributed by atoms with Gasteiger partial charge in [0, 0.05) is 0 Å². The number of quaternary nitrogens is 1. The average Bonchev–Trinajstić information content (AvgIpc) is 2.19. The third kappa shape index (κ3) is 7.34. The van der Waals surface area contributed by atoms with E-state index in [1.807, 2.05) is 0 Å². The minimum absolute atomic E-state index is 0. The number of allylic oxidation sites excluding steroid dienone is 3. The van der Waals surface area contributed by atoms with Gasteiger partial charge in [0.1, 0.15) is 5.70 Å². The van der Waals surface area contributed by atoms with Crippen LogP contribution in [0.25, 0.3) is 0 Å². The van der Waals surface area contributed by atoms with Crippen molar-refractivity contribution in [2.24, 2.45) is 0 Å². The Morgan fingerprint density at radius 1 is 1.07 bits per heavy atom. The van der Waals surface area contributed by atoms with Gasteiger partial charge in [0.05, 0.1) is 13.1 Å². The lowest BCUT2D eigenvalue weighted by atomic mass is 10.2. The Labute approximate surface area is 95.0 Å². The predicted molar refractivity (Wildman–Crippen MR) is 66.4 cm³/mol. The van der Waals surface area contributed by atoms with Gasteiger partial charge in [-0.25, -0.2) is 0 Å². The normalized spacial score (nSPS) is 12.2. The van der Waals surface area contributed by atoms with Crippen LogP contribution in [0.3, 0.4) is 0 Å². The maximum Gasteiger partial charge on any atom is 0.126 e. The van der Waals surface area contributed by atoms with E-state index >= 15 is 0 Å². The van der Waals surface area contributed by atoms with Crippen molar-refractivity contribution < 1.29 is 10.4 Å². The molecule has 0 bridgehead atoms. The van der Waals surface area contributed by atoms with Gasteiger partial charge in [-0.1, -0.05) is 26.8 Å². The van der Waals surface area contributed by atoms with Crippen LogP contribution >= 0.6 is 0 Å². The molecule has 0 unspecified atom stereocenters. The van der Waals surface area contributed by atoms with Gasteiger partial charge in [0.2, 0.25) is 0 Å². The molecule has 0 aromatic rings. The molecule has 0 fully saturated rings. The third-order valence-electron chi connectivity index (χ3n) is 2.36. The molecule has 0 rings (SSSR count). The number of nitrogens with one attached hydrogen (secondary N) is 1. The van der Waals surface area contributed by atoms with E-state index in [1.165, 1.54) is 31.6 Å². The number of hydrogen-bond acceptors (Lipinski definition) is 1. The first-order valence-electron chi connectivity index (χ1n) is 5.97. The summed E-state index contributed by atoms with van der Waals surface area (Å²) in [6.07, 6.45) is 10.4. The van der Waals surface area contributed by atoms with Crippen molar-refractivity contribution in [3.05, 3.63) is 23.9 Å². The van der Waals surface area contributed by atoms with Crippen molar-refractivity contribution in [1.29, 1.82) is 0 Å². The first-order valence-corrected chi connectivity index (χ1v) is 5.97. The molecule has 0 amide bonds.